The molecule has 1 amide bonds. The number of ether oxygens (including phenoxy) is 2. The second kappa shape index (κ2) is 9.74. The van der Waals surface area contributed by atoms with Crippen molar-refractivity contribution in [1.29, 1.82) is 0 Å². The van der Waals surface area contributed by atoms with Crippen LogP contribution in [-0.4, -0.2) is 67.4 Å². The Morgan fingerprint density at radius 1 is 1.28 bits per heavy atom. The number of halogens is 4. The molecule has 0 radical (unpaired) electrons. The van der Waals surface area contributed by atoms with Crippen molar-refractivity contribution < 1.29 is 31.8 Å². The van der Waals surface area contributed by atoms with Crippen molar-refractivity contribution in [2.24, 2.45) is 17.3 Å². The standard InChI is InChI=1S/C26H35F4N3O3/c1-3-25(7-4-16(12-25)10-17-6-9-36-15-21(17)35-2)24(34)33-14-18-11-19(33)13-32(18)23-22(27)20(5-8-31-23)26(28,29)30/h5,8,16-19,21H,3-4,6-7,9-15H2,1-2H3/t16-,17+,18+,19+,21+,25-/m0/s1. The van der Waals surface area contributed by atoms with Crippen LogP contribution in [0.3, 0.4) is 0 Å². The highest BCUT2D eigenvalue weighted by Gasteiger charge is 2.53. The first-order valence-corrected chi connectivity index (χ1v) is 13.1. The average molecular weight is 514 g/mol. The van der Waals surface area contributed by atoms with Crippen molar-refractivity contribution in [3.8, 4) is 0 Å². The molecular weight excluding hydrogens is 478 g/mol. The molecule has 6 atom stereocenters. The van der Waals surface area contributed by atoms with Gasteiger partial charge in [0.1, 0.15) is 0 Å². The van der Waals surface area contributed by atoms with Gasteiger partial charge in [-0.15, -0.1) is 0 Å². The molecule has 200 valence electrons. The van der Waals surface area contributed by atoms with Gasteiger partial charge in [0.15, 0.2) is 11.6 Å². The van der Waals surface area contributed by atoms with E-state index >= 15 is 0 Å². The molecule has 1 aromatic heterocycles. The normalized spacial score (nSPS) is 34.6. The maximum Gasteiger partial charge on any atom is 0.419 e. The summed E-state index contributed by atoms with van der Waals surface area (Å²) in [6.45, 7) is 4.17. The molecule has 0 spiro atoms. The summed E-state index contributed by atoms with van der Waals surface area (Å²) in [6, 6.07) is 0.314. The number of methoxy groups -OCH3 is 1. The summed E-state index contributed by atoms with van der Waals surface area (Å²) in [5.74, 6) is -0.522. The first-order chi connectivity index (χ1) is 17.2. The average Bonchev–Trinajstić information content (AvgIpc) is 3.58. The van der Waals surface area contributed by atoms with Crippen LogP contribution in [0.15, 0.2) is 12.3 Å². The largest absolute Gasteiger partial charge is 0.419 e. The first kappa shape index (κ1) is 25.7. The number of carbonyl (C=O) groups is 1. The highest BCUT2D eigenvalue weighted by molar-refractivity contribution is 5.84. The SMILES string of the molecule is CC[C@]1(C(=O)N2C[C@H]3C[C@@H]2CN3c2nccc(C(F)(F)F)c2F)CC[C@@H](C[C@H]2CCOC[C@H]2OC)C1. The third kappa shape index (κ3) is 4.48. The topological polar surface area (TPSA) is 54.9 Å². The minimum atomic E-state index is -4.77. The summed E-state index contributed by atoms with van der Waals surface area (Å²) >= 11 is 0. The number of rotatable bonds is 6. The van der Waals surface area contributed by atoms with E-state index in [0.717, 1.165) is 51.3 Å². The van der Waals surface area contributed by atoms with Gasteiger partial charge in [-0.1, -0.05) is 6.92 Å². The summed E-state index contributed by atoms with van der Waals surface area (Å²) in [7, 11) is 1.73. The number of carbonyl (C=O) groups excluding carboxylic acids is 1. The van der Waals surface area contributed by atoms with E-state index < -0.39 is 23.0 Å². The molecule has 1 aromatic rings. The predicted octanol–water partition coefficient (Wildman–Crippen LogP) is 4.67. The van der Waals surface area contributed by atoms with E-state index in [0.29, 0.717) is 44.0 Å². The van der Waals surface area contributed by atoms with Gasteiger partial charge in [-0.2, -0.15) is 13.2 Å². The number of hydrogen-bond acceptors (Lipinski definition) is 5. The van der Waals surface area contributed by atoms with Gasteiger partial charge in [0.2, 0.25) is 5.91 Å². The van der Waals surface area contributed by atoms with Gasteiger partial charge >= 0.3 is 6.18 Å². The van der Waals surface area contributed by atoms with Crippen LogP contribution in [0.5, 0.6) is 0 Å². The molecule has 0 unspecified atom stereocenters. The third-order valence-electron chi connectivity index (χ3n) is 9.17. The van der Waals surface area contributed by atoms with Crippen molar-refractivity contribution in [1.82, 2.24) is 9.88 Å². The molecule has 4 heterocycles. The zero-order valence-electron chi connectivity index (χ0n) is 20.9. The highest BCUT2D eigenvalue weighted by Crippen LogP contribution is 2.50. The van der Waals surface area contributed by atoms with Crippen molar-refractivity contribution >= 4 is 11.7 Å². The maximum absolute atomic E-state index is 14.7. The number of nitrogens with zero attached hydrogens (tertiary/aromatic N) is 3. The van der Waals surface area contributed by atoms with Crippen molar-refractivity contribution in [2.75, 3.05) is 38.3 Å². The van der Waals surface area contributed by atoms with E-state index in [9.17, 15) is 22.4 Å². The molecule has 0 N–H and O–H groups in total. The minimum Gasteiger partial charge on any atom is -0.379 e. The second-order valence-corrected chi connectivity index (χ2v) is 11.0. The Morgan fingerprint density at radius 3 is 2.75 bits per heavy atom. The monoisotopic (exact) mass is 513 g/mol. The lowest BCUT2D eigenvalue weighted by Gasteiger charge is -2.40. The smallest absolute Gasteiger partial charge is 0.379 e. The summed E-state index contributed by atoms with van der Waals surface area (Å²) in [5.41, 5.74) is -1.70. The molecule has 6 nitrogen and oxygen atoms in total. The van der Waals surface area contributed by atoms with Crippen LogP contribution in [0.25, 0.3) is 0 Å². The molecule has 4 aliphatic rings. The molecule has 5 rings (SSSR count). The van der Waals surface area contributed by atoms with Crippen LogP contribution >= 0.6 is 0 Å². The van der Waals surface area contributed by atoms with Crippen LogP contribution in [-0.2, 0) is 20.4 Å². The van der Waals surface area contributed by atoms with Crippen LogP contribution in [0, 0.1) is 23.1 Å². The lowest BCUT2D eigenvalue weighted by Crippen LogP contribution is -2.53. The Bertz CT molecular complexity index is 976. The van der Waals surface area contributed by atoms with Crippen LogP contribution in [0.4, 0.5) is 23.4 Å². The highest BCUT2D eigenvalue weighted by atomic mass is 19.4. The lowest BCUT2D eigenvalue weighted by atomic mass is 9.79. The molecule has 4 fully saturated rings. The minimum absolute atomic E-state index is 0.108. The fourth-order valence-electron chi connectivity index (χ4n) is 7.15. The molecule has 3 aliphatic heterocycles. The van der Waals surface area contributed by atoms with Crippen molar-refractivity contribution in [3.05, 3.63) is 23.6 Å². The zero-order valence-corrected chi connectivity index (χ0v) is 20.9. The molecule has 10 heteroatoms. The maximum atomic E-state index is 14.7. The van der Waals surface area contributed by atoms with E-state index in [-0.39, 0.29) is 29.9 Å². The van der Waals surface area contributed by atoms with E-state index in [4.69, 9.17) is 9.47 Å². The Balaban J connectivity index is 1.25. The molecule has 1 saturated carbocycles. The number of aromatic nitrogens is 1. The van der Waals surface area contributed by atoms with Crippen LogP contribution < -0.4 is 4.90 Å². The summed E-state index contributed by atoms with van der Waals surface area (Å²) in [4.78, 5) is 21.3. The lowest BCUT2D eigenvalue weighted by molar-refractivity contribution is -0.143. The van der Waals surface area contributed by atoms with Crippen molar-refractivity contribution in [3.63, 3.8) is 0 Å². The van der Waals surface area contributed by atoms with E-state index in [1.54, 1.807) is 12.0 Å². The molecular formula is C26H35F4N3O3. The van der Waals surface area contributed by atoms with E-state index in [1.165, 1.54) is 0 Å². The summed E-state index contributed by atoms with van der Waals surface area (Å²) < 4.78 is 65.5. The van der Waals surface area contributed by atoms with Gasteiger partial charge in [0, 0.05) is 38.4 Å². The summed E-state index contributed by atoms with van der Waals surface area (Å²) in [5, 5.41) is 0. The number of amides is 1. The van der Waals surface area contributed by atoms with Gasteiger partial charge in [-0.05, 0) is 62.8 Å². The van der Waals surface area contributed by atoms with Crippen LogP contribution in [0.1, 0.15) is 57.4 Å². The molecule has 1 aliphatic carbocycles. The Kier molecular flexibility index (Phi) is 6.95. The Labute approximate surface area is 209 Å². The summed E-state index contributed by atoms with van der Waals surface area (Å²) in [6.07, 6.45) is 2.49. The van der Waals surface area contributed by atoms with E-state index in [2.05, 4.69) is 11.9 Å². The van der Waals surface area contributed by atoms with E-state index in [1.807, 2.05) is 4.90 Å². The number of piperazine rings is 1. The van der Waals surface area contributed by atoms with Crippen LogP contribution in [0.2, 0.25) is 0 Å². The van der Waals surface area contributed by atoms with Gasteiger partial charge in [-0.25, -0.2) is 9.37 Å². The molecule has 36 heavy (non-hydrogen) atoms. The number of pyridine rings is 1. The molecule has 0 aromatic carbocycles. The van der Waals surface area contributed by atoms with Crippen molar-refractivity contribution in [2.45, 2.75) is 76.2 Å². The molecule has 3 saturated heterocycles. The van der Waals surface area contributed by atoms with Gasteiger partial charge < -0.3 is 19.3 Å². The van der Waals surface area contributed by atoms with Gasteiger partial charge in [0.05, 0.1) is 30.4 Å². The predicted molar refractivity (Wildman–Crippen MR) is 125 cm³/mol. The van der Waals surface area contributed by atoms with Gasteiger partial charge in [0.25, 0.3) is 0 Å². The number of alkyl halides is 3. The zero-order chi connectivity index (χ0) is 25.7. The Hall–Kier alpha value is -1.94. The number of likely N-dealkylation sites (tertiary alicyclic amines) is 1. The number of hydrogen-bond donors (Lipinski definition) is 0. The first-order valence-electron chi connectivity index (χ1n) is 13.1. The quantitative estimate of drug-likeness (QED) is 0.518. The number of anilines is 1. The second-order valence-electron chi connectivity index (χ2n) is 11.0. The number of fused-ring (bicyclic) bond motifs is 2. The van der Waals surface area contributed by atoms with Gasteiger partial charge in [-0.3, -0.25) is 4.79 Å². The third-order valence-corrected chi connectivity index (χ3v) is 9.17. The molecule has 2 bridgehead atoms. The fraction of sp³-hybridized carbons (Fsp3) is 0.769. The Morgan fingerprint density at radius 2 is 2.08 bits per heavy atom. The fourth-order valence-corrected chi connectivity index (χ4v) is 7.15.